The van der Waals surface area contributed by atoms with Gasteiger partial charge in [0.05, 0.1) is 18.0 Å². The normalized spacial score (nSPS) is 19.0. The zero-order chi connectivity index (χ0) is 13.3. The monoisotopic (exact) mass is 246 g/mol. The first-order chi connectivity index (χ1) is 8.49. The number of carboxylic acid groups (broad SMARTS) is 1. The number of amides is 1. The molecule has 1 N–H and O–H groups in total. The summed E-state index contributed by atoms with van der Waals surface area (Å²) in [5.74, 6) is -1.92. The largest absolute Gasteiger partial charge is 0.481 e. The molecule has 0 radical (unpaired) electrons. The molecule has 0 aromatic heterocycles. The van der Waals surface area contributed by atoms with Gasteiger partial charge in [-0.15, -0.1) is 0 Å². The Morgan fingerprint density at radius 2 is 1.94 bits per heavy atom. The molecule has 1 aliphatic heterocycles. The highest BCUT2D eigenvalue weighted by atomic mass is 16.4. The van der Waals surface area contributed by atoms with Crippen LogP contribution in [0.1, 0.15) is 18.9 Å². The van der Waals surface area contributed by atoms with E-state index in [0.717, 1.165) is 5.56 Å². The van der Waals surface area contributed by atoms with Crippen LogP contribution in [0.3, 0.4) is 0 Å². The number of aliphatic carboxylic acids is 1. The Kier molecular flexibility index (Phi) is 3.14. The van der Waals surface area contributed by atoms with Crippen LogP contribution in [-0.4, -0.2) is 22.7 Å². The van der Waals surface area contributed by atoms with Crippen LogP contribution in [0.25, 0.3) is 0 Å². The molecule has 0 fully saturated rings. The first kappa shape index (κ1) is 12.3. The van der Waals surface area contributed by atoms with Crippen molar-refractivity contribution in [3.8, 4) is 0 Å². The van der Waals surface area contributed by atoms with E-state index in [1.165, 1.54) is 5.01 Å². The minimum Gasteiger partial charge on any atom is -0.481 e. The van der Waals surface area contributed by atoms with Gasteiger partial charge in [0.25, 0.3) is 5.91 Å². The first-order valence-corrected chi connectivity index (χ1v) is 5.66. The minimum atomic E-state index is -0.992. The number of carboxylic acids is 1. The van der Waals surface area contributed by atoms with Crippen molar-refractivity contribution in [1.29, 1.82) is 0 Å². The highest BCUT2D eigenvalue weighted by Gasteiger charge is 2.35. The predicted molar refractivity (Wildman–Crippen MR) is 67.5 cm³/mol. The number of benzene rings is 1. The van der Waals surface area contributed by atoms with Crippen molar-refractivity contribution in [2.24, 2.45) is 11.0 Å². The van der Waals surface area contributed by atoms with Crippen LogP contribution in [0.2, 0.25) is 0 Å². The SMILES string of the molecule is CC1=NN(c2ccc(C)cc2)C(=O)[C@H]1CC(=O)O. The summed E-state index contributed by atoms with van der Waals surface area (Å²) in [4.78, 5) is 22.8. The Hall–Kier alpha value is -2.17. The lowest BCUT2D eigenvalue weighted by Crippen LogP contribution is -2.28. The minimum absolute atomic E-state index is 0.212. The smallest absolute Gasteiger partial charge is 0.304 e. The Morgan fingerprint density at radius 3 is 2.50 bits per heavy atom. The molecular formula is C13H14N2O3. The van der Waals surface area contributed by atoms with E-state index in [9.17, 15) is 9.59 Å². The number of hydrazone groups is 1. The quantitative estimate of drug-likeness (QED) is 0.884. The molecule has 94 valence electrons. The van der Waals surface area contributed by atoms with Gasteiger partial charge in [0.15, 0.2) is 0 Å². The third-order valence-electron chi connectivity index (χ3n) is 2.93. The summed E-state index contributed by atoms with van der Waals surface area (Å²) < 4.78 is 0. The lowest BCUT2D eigenvalue weighted by Gasteiger charge is -2.13. The molecule has 1 aromatic carbocycles. The summed E-state index contributed by atoms with van der Waals surface area (Å²) in [6, 6.07) is 7.37. The van der Waals surface area contributed by atoms with Crippen molar-refractivity contribution in [2.75, 3.05) is 5.01 Å². The van der Waals surface area contributed by atoms with E-state index in [1.807, 2.05) is 19.1 Å². The molecule has 1 atom stereocenters. The van der Waals surface area contributed by atoms with E-state index in [2.05, 4.69) is 5.10 Å². The van der Waals surface area contributed by atoms with Crippen molar-refractivity contribution in [1.82, 2.24) is 0 Å². The van der Waals surface area contributed by atoms with E-state index in [4.69, 9.17) is 5.11 Å². The van der Waals surface area contributed by atoms with Crippen molar-refractivity contribution < 1.29 is 14.7 Å². The number of rotatable bonds is 3. The topological polar surface area (TPSA) is 70.0 Å². The van der Waals surface area contributed by atoms with Gasteiger partial charge in [-0.1, -0.05) is 17.7 Å². The van der Waals surface area contributed by atoms with Crippen LogP contribution in [0.4, 0.5) is 5.69 Å². The standard InChI is InChI=1S/C13H14N2O3/c1-8-3-5-10(6-4-8)15-13(18)11(7-12(16)17)9(2)14-15/h3-6,11H,7H2,1-2H3,(H,16,17)/t11-/m0/s1. The summed E-state index contributed by atoms with van der Waals surface area (Å²) in [5, 5.41) is 14.2. The van der Waals surface area contributed by atoms with E-state index in [1.54, 1.807) is 19.1 Å². The Labute approximate surface area is 105 Å². The number of carbonyl (C=O) groups is 2. The molecule has 1 amide bonds. The second kappa shape index (κ2) is 4.60. The third-order valence-corrected chi connectivity index (χ3v) is 2.93. The summed E-state index contributed by atoms with van der Waals surface area (Å²) >= 11 is 0. The van der Waals surface area contributed by atoms with Gasteiger partial charge < -0.3 is 5.11 Å². The fourth-order valence-electron chi connectivity index (χ4n) is 1.88. The van der Waals surface area contributed by atoms with Gasteiger partial charge in [-0.2, -0.15) is 5.10 Å². The van der Waals surface area contributed by atoms with Gasteiger partial charge in [-0.25, -0.2) is 5.01 Å². The van der Waals surface area contributed by atoms with Crippen LogP contribution < -0.4 is 5.01 Å². The molecule has 5 nitrogen and oxygen atoms in total. The van der Waals surface area contributed by atoms with E-state index in [0.29, 0.717) is 11.4 Å². The van der Waals surface area contributed by atoms with Crippen molar-refractivity contribution in [2.45, 2.75) is 20.3 Å². The molecule has 1 heterocycles. The fraction of sp³-hybridized carbons (Fsp3) is 0.308. The van der Waals surface area contributed by atoms with Gasteiger partial charge >= 0.3 is 5.97 Å². The van der Waals surface area contributed by atoms with Crippen molar-refractivity contribution in [3.63, 3.8) is 0 Å². The molecule has 0 bridgehead atoms. The molecule has 0 spiro atoms. The molecule has 0 saturated carbocycles. The lowest BCUT2D eigenvalue weighted by molar-refractivity contribution is -0.139. The number of hydrogen-bond donors (Lipinski definition) is 1. The van der Waals surface area contributed by atoms with Gasteiger partial charge in [0, 0.05) is 5.71 Å². The second-order valence-corrected chi connectivity index (χ2v) is 4.38. The summed E-state index contributed by atoms with van der Waals surface area (Å²) in [6.07, 6.45) is -0.212. The summed E-state index contributed by atoms with van der Waals surface area (Å²) in [5.41, 5.74) is 2.30. The highest BCUT2D eigenvalue weighted by Crippen LogP contribution is 2.25. The molecule has 2 rings (SSSR count). The zero-order valence-corrected chi connectivity index (χ0v) is 10.3. The molecular weight excluding hydrogens is 232 g/mol. The zero-order valence-electron chi connectivity index (χ0n) is 10.3. The first-order valence-electron chi connectivity index (χ1n) is 5.66. The maximum Gasteiger partial charge on any atom is 0.304 e. The Bertz CT molecular complexity index is 520. The molecule has 0 saturated heterocycles. The van der Waals surface area contributed by atoms with Crippen LogP contribution >= 0.6 is 0 Å². The van der Waals surface area contributed by atoms with Crippen LogP contribution in [0, 0.1) is 12.8 Å². The Balaban J connectivity index is 2.25. The van der Waals surface area contributed by atoms with E-state index in [-0.39, 0.29) is 12.3 Å². The average molecular weight is 246 g/mol. The predicted octanol–water partition coefficient (Wildman–Crippen LogP) is 1.81. The third kappa shape index (κ3) is 2.25. The number of hydrogen-bond acceptors (Lipinski definition) is 3. The summed E-state index contributed by atoms with van der Waals surface area (Å²) in [7, 11) is 0. The van der Waals surface area contributed by atoms with Crippen molar-refractivity contribution in [3.05, 3.63) is 29.8 Å². The van der Waals surface area contributed by atoms with Crippen LogP contribution in [0.5, 0.6) is 0 Å². The second-order valence-electron chi connectivity index (χ2n) is 4.38. The molecule has 0 unspecified atom stereocenters. The Morgan fingerprint density at radius 1 is 1.33 bits per heavy atom. The highest BCUT2D eigenvalue weighted by molar-refractivity contribution is 6.15. The fourth-order valence-corrected chi connectivity index (χ4v) is 1.88. The maximum absolute atomic E-state index is 12.1. The molecule has 18 heavy (non-hydrogen) atoms. The lowest BCUT2D eigenvalue weighted by atomic mass is 10.0. The number of anilines is 1. The van der Waals surface area contributed by atoms with Gasteiger partial charge in [0.2, 0.25) is 0 Å². The van der Waals surface area contributed by atoms with Gasteiger partial charge in [0.1, 0.15) is 0 Å². The average Bonchev–Trinajstić information content (AvgIpc) is 2.58. The number of aryl methyl sites for hydroxylation is 1. The molecule has 5 heteroatoms. The molecule has 0 aliphatic carbocycles. The molecule has 1 aliphatic rings. The van der Waals surface area contributed by atoms with Gasteiger partial charge in [-0.3, -0.25) is 9.59 Å². The number of nitrogens with zero attached hydrogens (tertiary/aromatic N) is 2. The van der Waals surface area contributed by atoms with Crippen LogP contribution in [-0.2, 0) is 9.59 Å². The number of carbonyl (C=O) groups excluding carboxylic acids is 1. The summed E-state index contributed by atoms with van der Waals surface area (Å²) in [6.45, 7) is 3.64. The molecule has 1 aromatic rings. The van der Waals surface area contributed by atoms with Crippen molar-refractivity contribution >= 4 is 23.3 Å². The van der Waals surface area contributed by atoms with E-state index < -0.39 is 11.9 Å². The maximum atomic E-state index is 12.1. The van der Waals surface area contributed by atoms with Gasteiger partial charge in [-0.05, 0) is 26.0 Å². The van der Waals surface area contributed by atoms with E-state index >= 15 is 0 Å². The van der Waals surface area contributed by atoms with Crippen LogP contribution in [0.15, 0.2) is 29.4 Å².